The number of nitrogens with two attached hydrogens (primary N) is 1. The van der Waals surface area contributed by atoms with Gasteiger partial charge in [-0.15, -0.1) is 0 Å². The van der Waals surface area contributed by atoms with Gasteiger partial charge in [-0.05, 0) is 30.4 Å². The first-order chi connectivity index (χ1) is 8.22. The number of hydrogen-bond acceptors (Lipinski definition) is 2. The summed E-state index contributed by atoms with van der Waals surface area (Å²) in [5.74, 6) is 0.0975. The normalized spacial score (nSPS) is 17.2. The van der Waals surface area contributed by atoms with Gasteiger partial charge in [-0.25, -0.2) is 0 Å². The molecule has 2 rings (SSSR count). The van der Waals surface area contributed by atoms with Gasteiger partial charge in [0.05, 0.1) is 6.04 Å². The number of nitrogens with zero attached hydrogens (tertiary/aromatic N) is 1. The molecule has 0 saturated carbocycles. The molecule has 0 radical (unpaired) electrons. The lowest BCUT2D eigenvalue weighted by Crippen LogP contribution is -2.44. The molecule has 92 valence electrons. The summed E-state index contributed by atoms with van der Waals surface area (Å²) in [6.45, 7) is 3.54. The maximum absolute atomic E-state index is 12.0. The zero-order chi connectivity index (χ0) is 12.3. The number of benzene rings is 1. The van der Waals surface area contributed by atoms with Crippen molar-refractivity contribution in [3.05, 3.63) is 35.4 Å². The molecule has 2 N–H and O–H groups in total. The van der Waals surface area contributed by atoms with E-state index in [0.717, 1.165) is 25.9 Å². The van der Waals surface area contributed by atoms with Crippen molar-refractivity contribution in [2.75, 3.05) is 13.1 Å². The maximum Gasteiger partial charge on any atom is 0.239 e. The van der Waals surface area contributed by atoms with Crippen LogP contribution in [0.2, 0.25) is 0 Å². The number of rotatable bonds is 2. The quantitative estimate of drug-likeness (QED) is 0.836. The first-order valence-electron chi connectivity index (χ1n) is 6.33. The van der Waals surface area contributed by atoms with Crippen LogP contribution in [0.15, 0.2) is 24.3 Å². The molecule has 1 aromatic carbocycles. The second-order valence-corrected chi connectivity index (χ2v) is 4.61. The van der Waals surface area contributed by atoms with Crippen molar-refractivity contribution in [1.82, 2.24) is 4.90 Å². The van der Waals surface area contributed by atoms with Crippen LogP contribution in [0.3, 0.4) is 0 Å². The van der Waals surface area contributed by atoms with Gasteiger partial charge in [0.1, 0.15) is 0 Å². The molecule has 1 aromatic rings. The van der Waals surface area contributed by atoms with Crippen molar-refractivity contribution in [2.45, 2.75) is 32.2 Å². The lowest BCUT2D eigenvalue weighted by Gasteiger charge is -2.23. The summed E-state index contributed by atoms with van der Waals surface area (Å²) in [6.07, 6.45) is 2.60. The lowest BCUT2D eigenvalue weighted by molar-refractivity contribution is -0.132. The zero-order valence-electron chi connectivity index (χ0n) is 10.4. The largest absolute Gasteiger partial charge is 0.341 e. The van der Waals surface area contributed by atoms with Crippen LogP contribution in [-0.4, -0.2) is 29.9 Å². The minimum absolute atomic E-state index is 0.0975. The summed E-state index contributed by atoms with van der Waals surface area (Å²) in [5.41, 5.74) is 8.55. The van der Waals surface area contributed by atoms with Crippen molar-refractivity contribution >= 4 is 5.91 Å². The number of amides is 1. The number of carbonyl (C=O) groups excluding carboxylic acids is 1. The van der Waals surface area contributed by atoms with Gasteiger partial charge in [-0.1, -0.05) is 31.2 Å². The van der Waals surface area contributed by atoms with Gasteiger partial charge < -0.3 is 10.6 Å². The molecule has 0 aliphatic carbocycles. The standard InChI is InChI=1S/C14H20N2O/c1-2-13(15)14(17)16-9-7-11-5-3-4-6-12(11)8-10-16/h3-6,13H,2,7-10,15H2,1H3/t13-/m1/s1. The van der Waals surface area contributed by atoms with E-state index < -0.39 is 0 Å². The van der Waals surface area contributed by atoms with Gasteiger partial charge >= 0.3 is 0 Å². The summed E-state index contributed by atoms with van der Waals surface area (Å²) in [4.78, 5) is 13.9. The van der Waals surface area contributed by atoms with E-state index in [1.165, 1.54) is 11.1 Å². The monoisotopic (exact) mass is 232 g/mol. The van der Waals surface area contributed by atoms with Crippen LogP contribution < -0.4 is 5.73 Å². The average Bonchev–Trinajstić information content (AvgIpc) is 2.59. The highest BCUT2D eigenvalue weighted by molar-refractivity contribution is 5.81. The van der Waals surface area contributed by atoms with Crippen LogP contribution in [0.1, 0.15) is 24.5 Å². The minimum atomic E-state index is -0.337. The van der Waals surface area contributed by atoms with Gasteiger partial charge in [-0.3, -0.25) is 4.79 Å². The molecular formula is C14H20N2O. The molecule has 1 aliphatic rings. The molecule has 0 bridgehead atoms. The fraction of sp³-hybridized carbons (Fsp3) is 0.500. The SMILES string of the molecule is CC[C@@H](N)C(=O)N1CCc2ccccc2CC1. The molecule has 0 aromatic heterocycles. The predicted molar refractivity (Wildman–Crippen MR) is 68.7 cm³/mol. The zero-order valence-corrected chi connectivity index (χ0v) is 10.4. The molecule has 3 heteroatoms. The van der Waals surface area contributed by atoms with E-state index in [0.29, 0.717) is 6.42 Å². The third-order valence-corrected chi connectivity index (χ3v) is 3.49. The number of hydrogen-bond donors (Lipinski definition) is 1. The molecule has 0 fully saturated rings. The lowest BCUT2D eigenvalue weighted by atomic mass is 10.0. The Morgan fingerprint density at radius 3 is 2.29 bits per heavy atom. The molecule has 1 heterocycles. The van der Waals surface area contributed by atoms with Crippen LogP contribution >= 0.6 is 0 Å². The van der Waals surface area contributed by atoms with Crippen molar-refractivity contribution in [1.29, 1.82) is 0 Å². The smallest absolute Gasteiger partial charge is 0.239 e. The van der Waals surface area contributed by atoms with Crippen LogP contribution in [0.5, 0.6) is 0 Å². The first-order valence-corrected chi connectivity index (χ1v) is 6.33. The van der Waals surface area contributed by atoms with Crippen molar-refractivity contribution in [2.24, 2.45) is 5.73 Å². The fourth-order valence-electron chi connectivity index (χ4n) is 2.30. The third-order valence-electron chi connectivity index (χ3n) is 3.49. The Balaban J connectivity index is 2.06. The van der Waals surface area contributed by atoms with Gasteiger partial charge in [0.15, 0.2) is 0 Å². The van der Waals surface area contributed by atoms with Gasteiger partial charge in [-0.2, -0.15) is 0 Å². The Morgan fingerprint density at radius 2 is 1.82 bits per heavy atom. The van der Waals surface area contributed by atoms with Gasteiger partial charge in [0.2, 0.25) is 5.91 Å². The Kier molecular flexibility index (Phi) is 3.79. The minimum Gasteiger partial charge on any atom is -0.341 e. The summed E-state index contributed by atoms with van der Waals surface area (Å²) < 4.78 is 0. The molecular weight excluding hydrogens is 212 g/mol. The van der Waals surface area contributed by atoms with E-state index in [4.69, 9.17) is 5.73 Å². The number of fused-ring (bicyclic) bond motifs is 1. The van der Waals surface area contributed by atoms with Crippen molar-refractivity contribution < 1.29 is 4.79 Å². The Bertz CT molecular complexity index is 376. The molecule has 1 atom stereocenters. The topological polar surface area (TPSA) is 46.3 Å². The van der Waals surface area contributed by atoms with Crippen LogP contribution in [-0.2, 0) is 17.6 Å². The Hall–Kier alpha value is -1.35. The first kappa shape index (κ1) is 12.1. The molecule has 0 unspecified atom stereocenters. The second kappa shape index (κ2) is 5.32. The summed E-state index contributed by atoms with van der Waals surface area (Å²) in [7, 11) is 0. The fourth-order valence-corrected chi connectivity index (χ4v) is 2.30. The molecule has 3 nitrogen and oxygen atoms in total. The van der Waals surface area contributed by atoms with E-state index in [2.05, 4.69) is 24.3 Å². The average molecular weight is 232 g/mol. The van der Waals surface area contributed by atoms with Crippen LogP contribution in [0, 0.1) is 0 Å². The van der Waals surface area contributed by atoms with E-state index in [-0.39, 0.29) is 11.9 Å². The van der Waals surface area contributed by atoms with Gasteiger partial charge in [0.25, 0.3) is 0 Å². The molecule has 1 aliphatic heterocycles. The van der Waals surface area contributed by atoms with E-state index in [9.17, 15) is 4.79 Å². The maximum atomic E-state index is 12.0. The molecule has 0 saturated heterocycles. The highest BCUT2D eigenvalue weighted by Crippen LogP contribution is 2.16. The van der Waals surface area contributed by atoms with E-state index >= 15 is 0 Å². The summed E-state index contributed by atoms with van der Waals surface area (Å²) >= 11 is 0. The highest BCUT2D eigenvalue weighted by Gasteiger charge is 2.21. The molecule has 1 amide bonds. The van der Waals surface area contributed by atoms with E-state index in [1.54, 1.807) is 0 Å². The van der Waals surface area contributed by atoms with Crippen molar-refractivity contribution in [3.8, 4) is 0 Å². The van der Waals surface area contributed by atoms with Crippen molar-refractivity contribution in [3.63, 3.8) is 0 Å². The second-order valence-electron chi connectivity index (χ2n) is 4.61. The van der Waals surface area contributed by atoms with E-state index in [1.807, 2.05) is 11.8 Å². The molecule has 0 spiro atoms. The Labute approximate surface area is 103 Å². The number of carbonyl (C=O) groups is 1. The summed E-state index contributed by atoms with van der Waals surface area (Å²) in [5, 5.41) is 0. The third kappa shape index (κ3) is 2.67. The summed E-state index contributed by atoms with van der Waals surface area (Å²) in [6, 6.07) is 8.10. The van der Waals surface area contributed by atoms with Gasteiger partial charge in [0, 0.05) is 13.1 Å². The van der Waals surface area contributed by atoms with Crippen LogP contribution in [0.25, 0.3) is 0 Å². The predicted octanol–water partition coefficient (Wildman–Crippen LogP) is 1.35. The highest BCUT2D eigenvalue weighted by atomic mass is 16.2. The molecule has 17 heavy (non-hydrogen) atoms. The Morgan fingerprint density at radius 1 is 1.29 bits per heavy atom. The van der Waals surface area contributed by atoms with Crippen LogP contribution in [0.4, 0.5) is 0 Å².